The Kier molecular flexibility index (Phi) is 10.1. The Morgan fingerprint density at radius 2 is 1.68 bits per heavy atom. The number of alkyl halides is 3. The van der Waals surface area contributed by atoms with E-state index >= 15 is 0 Å². The molecular formula is C45H47F3N8O6. The molecule has 2 saturated heterocycles. The van der Waals surface area contributed by atoms with Crippen LogP contribution in [0.4, 0.5) is 24.5 Å². The summed E-state index contributed by atoms with van der Waals surface area (Å²) in [4.78, 5) is 70.9. The van der Waals surface area contributed by atoms with Crippen molar-refractivity contribution in [3.63, 3.8) is 0 Å². The summed E-state index contributed by atoms with van der Waals surface area (Å²) in [6, 6.07) is 11.2. The molecule has 3 N–H and O–H groups in total. The molecule has 1 unspecified atom stereocenters. The predicted octanol–water partition coefficient (Wildman–Crippen LogP) is 6.59. The van der Waals surface area contributed by atoms with Crippen LogP contribution in [-0.2, 0) is 15.8 Å². The topological polar surface area (TPSA) is 168 Å². The lowest BCUT2D eigenvalue weighted by molar-refractivity contribution is -0.141. The van der Waals surface area contributed by atoms with Gasteiger partial charge in [0.05, 0.1) is 34.5 Å². The number of nitrogens with one attached hydrogen (secondary N) is 3. The van der Waals surface area contributed by atoms with Crippen LogP contribution in [0.5, 0.6) is 5.75 Å². The number of anilines is 2. The van der Waals surface area contributed by atoms with Crippen LogP contribution in [0.25, 0.3) is 10.9 Å². The summed E-state index contributed by atoms with van der Waals surface area (Å²) in [5.74, 6) is -1.14. The maximum absolute atomic E-state index is 13.4. The number of likely N-dealkylation sites (tertiary alicyclic amines) is 1. The van der Waals surface area contributed by atoms with Crippen LogP contribution >= 0.6 is 0 Å². The number of nitrogens with zero attached hydrogens (tertiary/aromatic N) is 5. The Bertz CT molecular complexity index is 2480. The molecule has 3 saturated carbocycles. The van der Waals surface area contributed by atoms with E-state index in [4.69, 9.17) is 9.84 Å². The summed E-state index contributed by atoms with van der Waals surface area (Å²) < 4.78 is 47.9. The first-order valence-electron chi connectivity index (χ1n) is 21.7. The minimum absolute atomic E-state index is 0.0240. The lowest BCUT2D eigenvalue weighted by Gasteiger charge is -2.60. The number of rotatable bonds is 12. The van der Waals surface area contributed by atoms with E-state index in [1.165, 1.54) is 25.0 Å². The van der Waals surface area contributed by atoms with Crippen molar-refractivity contribution in [1.82, 2.24) is 29.9 Å². The van der Waals surface area contributed by atoms with E-state index in [9.17, 15) is 37.1 Å². The van der Waals surface area contributed by atoms with Gasteiger partial charge in [0, 0.05) is 55.9 Å². The number of ether oxygens (including phenoxy) is 1. The fourth-order valence-corrected chi connectivity index (χ4v) is 10.4. The number of pyridine rings is 1. The van der Waals surface area contributed by atoms with Crippen LogP contribution in [0.2, 0.25) is 0 Å². The number of halogens is 3. The Morgan fingerprint density at radius 1 is 0.903 bits per heavy atom. The van der Waals surface area contributed by atoms with Crippen molar-refractivity contribution in [1.29, 1.82) is 0 Å². The van der Waals surface area contributed by atoms with Gasteiger partial charge in [-0.05, 0) is 112 Å². The molecule has 3 aliphatic carbocycles. The third-order valence-electron chi connectivity index (χ3n) is 13.6. The Hall–Kier alpha value is -5.84. The molecule has 2 aromatic heterocycles. The maximum atomic E-state index is 13.4. The van der Waals surface area contributed by atoms with Gasteiger partial charge in [-0.25, -0.2) is 4.98 Å². The van der Waals surface area contributed by atoms with Crippen LogP contribution in [0.1, 0.15) is 114 Å². The highest BCUT2D eigenvalue weighted by molar-refractivity contribution is 6.25. The van der Waals surface area contributed by atoms with E-state index in [-0.39, 0.29) is 41.8 Å². The zero-order chi connectivity index (χ0) is 42.9. The molecular weight excluding hydrogens is 806 g/mol. The van der Waals surface area contributed by atoms with Gasteiger partial charge in [0.15, 0.2) is 0 Å². The minimum Gasteiger partial charge on any atom is -0.488 e. The van der Waals surface area contributed by atoms with E-state index in [1.54, 1.807) is 30.3 Å². The Balaban J connectivity index is 0.682. The van der Waals surface area contributed by atoms with Crippen molar-refractivity contribution < 1.29 is 41.9 Å². The van der Waals surface area contributed by atoms with Crippen LogP contribution < -0.4 is 20.7 Å². The summed E-state index contributed by atoms with van der Waals surface area (Å²) in [6.07, 6.45) is 6.84. The molecule has 4 aromatic rings. The monoisotopic (exact) mass is 852 g/mol. The molecule has 10 rings (SSSR count). The van der Waals surface area contributed by atoms with E-state index in [0.717, 1.165) is 86.4 Å². The van der Waals surface area contributed by atoms with Crippen molar-refractivity contribution in [3.05, 3.63) is 77.2 Å². The summed E-state index contributed by atoms with van der Waals surface area (Å²) in [6.45, 7) is 4.00. The molecule has 3 aliphatic heterocycles. The first-order valence-corrected chi connectivity index (χ1v) is 21.7. The lowest BCUT2D eigenvalue weighted by atomic mass is 9.57. The van der Waals surface area contributed by atoms with Gasteiger partial charge in [0.1, 0.15) is 23.2 Å². The molecule has 5 fully saturated rings. The number of imide groups is 2. The average molecular weight is 853 g/mol. The normalized spacial score (nSPS) is 23.9. The first-order chi connectivity index (χ1) is 29.8. The van der Waals surface area contributed by atoms with Crippen molar-refractivity contribution in [2.75, 3.05) is 36.8 Å². The zero-order valence-electron chi connectivity index (χ0n) is 34.0. The van der Waals surface area contributed by atoms with Crippen LogP contribution in [0.15, 0.2) is 54.7 Å². The zero-order valence-corrected chi connectivity index (χ0v) is 34.0. The molecule has 62 heavy (non-hydrogen) atoms. The average Bonchev–Trinajstić information content (AvgIpc) is 3.88. The smallest absolute Gasteiger partial charge is 0.433 e. The second-order valence-corrected chi connectivity index (χ2v) is 18.2. The molecule has 0 radical (unpaired) electrons. The number of carbonyl (C=O) groups excluding carboxylic acids is 5. The van der Waals surface area contributed by atoms with Crippen LogP contribution in [-0.4, -0.2) is 92.4 Å². The van der Waals surface area contributed by atoms with Gasteiger partial charge in [0.25, 0.3) is 17.7 Å². The van der Waals surface area contributed by atoms with Gasteiger partial charge < -0.3 is 20.3 Å². The predicted molar refractivity (Wildman–Crippen MR) is 219 cm³/mol. The number of benzene rings is 2. The molecule has 5 heterocycles. The van der Waals surface area contributed by atoms with Gasteiger partial charge in [-0.3, -0.25) is 38.9 Å². The summed E-state index contributed by atoms with van der Waals surface area (Å²) in [5.41, 5.74) is 1.18. The number of fused-ring (bicyclic) bond motifs is 2. The quantitative estimate of drug-likeness (QED) is 0.132. The highest BCUT2D eigenvalue weighted by Gasteiger charge is 2.52. The third-order valence-corrected chi connectivity index (χ3v) is 13.6. The Labute approximate surface area is 354 Å². The van der Waals surface area contributed by atoms with Gasteiger partial charge in [-0.1, -0.05) is 12.1 Å². The van der Waals surface area contributed by atoms with E-state index in [2.05, 4.69) is 25.8 Å². The van der Waals surface area contributed by atoms with Crippen molar-refractivity contribution in [2.45, 2.75) is 95.0 Å². The van der Waals surface area contributed by atoms with E-state index in [0.29, 0.717) is 40.9 Å². The van der Waals surface area contributed by atoms with Crippen molar-refractivity contribution >= 4 is 51.8 Å². The van der Waals surface area contributed by atoms with Crippen LogP contribution in [0, 0.1) is 17.3 Å². The van der Waals surface area contributed by atoms with Crippen LogP contribution in [0.3, 0.4) is 0 Å². The molecule has 14 nitrogen and oxygen atoms in total. The van der Waals surface area contributed by atoms with Gasteiger partial charge in [-0.15, -0.1) is 0 Å². The van der Waals surface area contributed by atoms with E-state index in [1.807, 2.05) is 10.9 Å². The van der Waals surface area contributed by atoms with Gasteiger partial charge in [0.2, 0.25) is 11.8 Å². The number of aromatic nitrogens is 3. The second-order valence-electron chi connectivity index (χ2n) is 18.2. The van der Waals surface area contributed by atoms with E-state index < -0.39 is 47.4 Å². The summed E-state index contributed by atoms with van der Waals surface area (Å²) in [7, 11) is 0. The van der Waals surface area contributed by atoms with Crippen molar-refractivity contribution in [3.8, 4) is 5.75 Å². The molecule has 1 spiro atoms. The number of amides is 5. The lowest BCUT2D eigenvalue weighted by Crippen LogP contribution is -2.63. The third kappa shape index (κ3) is 7.79. The molecule has 1 atom stereocenters. The SMILES string of the molecule is O=C1CCC(N2C(=O)c3cccc(NCCC4CC5(C4)CN(CC4CCC(n6cc7cc(NC(=O)c8cccc(C(F)(F)F)n8)c(OC8CC8)cc7n6)CC4)C5)c3C2=O)C(=O)N1. The second kappa shape index (κ2) is 15.5. The maximum Gasteiger partial charge on any atom is 0.433 e. The minimum atomic E-state index is -4.67. The molecule has 2 aromatic carbocycles. The summed E-state index contributed by atoms with van der Waals surface area (Å²) in [5, 5.41) is 14.1. The van der Waals surface area contributed by atoms with Gasteiger partial charge >= 0.3 is 6.18 Å². The highest BCUT2D eigenvalue weighted by Crippen LogP contribution is 2.53. The first kappa shape index (κ1) is 40.2. The molecule has 17 heteroatoms. The number of hydrogen-bond acceptors (Lipinski definition) is 10. The number of piperidine rings is 1. The highest BCUT2D eigenvalue weighted by atomic mass is 19.4. The molecule has 5 amide bonds. The number of carbonyl (C=O) groups is 5. The number of hydrogen-bond donors (Lipinski definition) is 3. The molecule has 0 bridgehead atoms. The van der Waals surface area contributed by atoms with Gasteiger partial charge in [-0.2, -0.15) is 18.3 Å². The largest absolute Gasteiger partial charge is 0.488 e. The fourth-order valence-electron chi connectivity index (χ4n) is 10.4. The Morgan fingerprint density at radius 3 is 2.42 bits per heavy atom. The summed E-state index contributed by atoms with van der Waals surface area (Å²) >= 11 is 0. The molecule has 6 aliphatic rings. The molecule has 324 valence electrons. The standard InChI is InChI=1S/C45H47F3N8O6/c46-45(47,48)37-6-2-5-32(50-37)40(58)51-34-17-27-22-55(53-33(27)18-36(34)62-29-11-12-29)28-9-7-25(8-10-28)21-54-23-44(24-54)19-26(20-44)15-16-49-31-4-1-3-30-39(31)43(61)56(42(30)60)35-13-14-38(57)52-41(35)59/h1-6,17-18,22,25-26,28-29,35,49H,7-16,19-21,23-24H2,(H,51,58)(H,52,57,59). The van der Waals surface area contributed by atoms with Crippen molar-refractivity contribution in [2.24, 2.45) is 17.3 Å². The fraction of sp³-hybridized carbons (Fsp3) is 0.489.